The number of amides is 1. The van der Waals surface area contributed by atoms with Crippen molar-refractivity contribution in [3.63, 3.8) is 0 Å². The number of nitrogens with zero attached hydrogens (tertiary/aromatic N) is 1. The Morgan fingerprint density at radius 2 is 1.95 bits per heavy atom. The first-order valence-electron chi connectivity index (χ1n) is 7.70. The van der Waals surface area contributed by atoms with Crippen LogP contribution in [0.3, 0.4) is 0 Å². The van der Waals surface area contributed by atoms with Crippen LogP contribution >= 0.6 is 23.9 Å². The molecule has 0 bridgehead atoms. The molecule has 2 aromatic rings. The molecule has 0 saturated heterocycles. The number of fused-ring (bicyclic) bond motifs is 1. The van der Waals surface area contributed by atoms with E-state index in [-0.39, 0.29) is 18.3 Å². The number of benzene rings is 1. The fraction of sp³-hybridized carbons (Fsp3) is 0.500. The molecule has 0 radical (unpaired) electrons. The SMILES string of the molecule is Cl.O=C(NCCNC1CCCCC1)c1nsc2ccccc12. The van der Waals surface area contributed by atoms with Gasteiger partial charge in [0.05, 0.1) is 4.70 Å². The normalized spacial score (nSPS) is 15.5. The summed E-state index contributed by atoms with van der Waals surface area (Å²) in [7, 11) is 0. The zero-order valence-corrected chi connectivity index (χ0v) is 14.1. The quantitative estimate of drug-likeness (QED) is 0.821. The van der Waals surface area contributed by atoms with E-state index in [0.717, 1.165) is 16.6 Å². The van der Waals surface area contributed by atoms with E-state index in [0.29, 0.717) is 18.3 Å². The third-order valence-corrected chi connectivity index (χ3v) is 4.87. The van der Waals surface area contributed by atoms with E-state index in [1.807, 2.05) is 24.3 Å². The first-order chi connectivity index (χ1) is 10.3. The average Bonchev–Trinajstić information content (AvgIpc) is 2.96. The highest BCUT2D eigenvalue weighted by Gasteiger charge is 2.14. The number of hydrogen-bond donors (Lipinski definition) is 2. The van der Waals surface area contributed by atoms with Crippen LogP contribution in [0.1, 0.15) is 42.6 Å². The Kier molecular flexibility index (Phi) is 6.61. The van der Waals surface area contributed by atoms with E-state index in [9.17, 15) is 4.79 Å². The minimum Gasteiger partial charge on any atom is -0.349 e. The minimum absolute atomic E-state index is 0. The molecule has 1 aromatic carbocycles. The Balaban J connectivity index is 0.00000176. The second-order valence-corrected chi connectivity index (χ2v) is 6.38. The number of hydrogen-bond acceptors (Lipinski definition) is 4. The van der Waals surface area contributed by atoms with E-state index < -0.39 is 0 Å². The summed E-state index contributed by atoms with van der Waals surface area (Å²) in [6.45, 7) is 1.49. The lowest BCUT2D eigenvalue weighted by molar-refractivity contribution is 0.0951. The van der Waals surface area contributed by atoms with Crippen molar-refractivity contribution in [2.75, 3.05) is 13.1 Å². The van der Waals surface area contributed by atoms with E-state index in [1.54, 1.807) is 0 Å². The zero-order chi connectivity index (χ0) is 14.5. The van der Waals surface area contributed by atoms with Gasteiger partial charge in [0.1, 0.15) is 5.69 Å². The van der Waals surface area contributed by atoms with Gasteiger partial charge in [0.15, 0.2) is 0 Å². The van der Waals surface area contributed by atoms with Gasteiger partial charge in [0.25, 0.3) is 5.91 Å². The van der Waals surface area contributed by atoms with E-state index in [1.165, 1.54) is 43.6 Å². The molecule has 1 heterocycles. The molecule has 1 aromatic heterocycles. The van der Waals surface area contributed by atoms with Gasteiger partial charge in [-0.1, -0.05) is 37.5 Å². The monoisotopic (exact) mass is 339 g/mol. The van der Waals surface area contributed by atoms with Crippen LogP contribution in [0.5, 0.6) is 0 Å². The summed E-state index contributed by atoms with van der Waals surface area (Å²) in [6.07, 6.45) is 6.56. The maximum absolute atomic E-state index is 12.2. The third kappa shape index (κ3) is 4.18. The molecule has 1 amide bonds. The molecule has 1 fully saturated rings. The highest BCUT2D eigenvalue weighted by molar-refractivity contribution is 7.13. The molecular formula is C16H22ClN3OS. The van der Waals surface area contributed by atoms with Gasteiger partial charge in [-0.25, -0.2) is 0 Å². The molecule has 1 aliphatic rings. The predicted octanol–water partition coefficient (Wildman–Crippen LogP) is 3.37. The van der Waals surface area contributed by atoms with Crippen molar-refractivity contribution in [2.45, 2.75) is 38.1 Å². The fourth-order valence-electron chi connectivity index (χ4n) is 2.89. The number of carbonyl (C=O) groups excluding carboxylic acids is 1. The highest BCUT2D eigenvalue weighted by Crippen LogP contribution is 2.21. The molecule has 0 unspecified atom stereocenters. The Morgan fingerprint density at radius 3 is 2.77 bits per heavy atom. The van der Waals surface area contributed by atoms with Crippen LogP contribution in [0.15, 0.2) is 24.3 Å². The summed E-state index contributed by atoms with van der Waals surface area (Å²) < 4.78 is 5.33. The highest BCUT2D eigenvalue weighted by atomic mass is 35.5. The van der Waals surface area contributed by atoms with Gasteiger partial charge >= 0.3 is 0 Å². The van der Waals surface area contributed by atoms with Crippen molar-refractivity contribution in [1.29, 1.82) is 0 Å². The number of aromatic nitrogens is 1. The summed E-state index contributed by atoms with van der Waals surface area (Å²) in [4.78, 5) is 12.2. The molecule has 0 atom stereocenters. The van der Waals surface area contributed by atoms with Crippen molar-refractivity contribution in [3.05, 3.63) is 30.0 Å². The van der Waals surface area contributed by atoms with Crippen LogP contribution in [-0.2, 0) is 0 Å². The molecule has 1 aliphatic carbocycles. The molecule has 120 valence electrons. The Morgan fingerprint density at radius 1 is 1.18 bits per heavy atom. The molecular weight excluding hydrogens is 318 g/mol. The van der Waals surface area contributed by atoms with Crippen LogP contribution in [0.2, 0.25) is 0 Å². The molecule has 4 nitrogen and oxygen atoms in total. The van der Waals surface area contributed by atoms with Gasteiger partial charge in [-0.05, 0) is 30.4 Å². The summed E-state index contributed by atoms with van der Waals surface area (Å²) >= 11 is 1.38. The zero-order valence-electron chi connectivity index (χ0n) is 12.5. The molecule has 0 aliphatic heterocycles. The summed E-state index contributed by atoms with van der Waals surface area (Å²) in [6, 6.07) is 8.49. The molecule has 1 saturated carbocycles. The van der Waals surface area contributed by atoms with Crippen molar-refractivity contribution in [2.24, 2.45) is 0 Å². The van der Waals surface area contributed by atoms with Gasteiger partial charge < -0.3 is 10.6 Å². The van der Waals surface area contributed by atoms with Crippen molar-refractivity contribution in [1.82, 2.24) is 15.0 Å². The standard InChI is InChI=1S/C16H21N3OS.ClH/c20-16(15-13-8-4-5-9-14(13)21-19-15)18-11-10-17-12-6-2-1-3-7-12;/h4-5,8-9,12,17H,1-3,6-7,10-11H2,(H,18,20);1H. The largest absolute Gasteiger partial charge is 0.349 e. The van der Waals surface area contributed by atoms with Gasteiger partial charge in [0, 0.05) is 24.5 Å². The number of rotatable bonds is 5. The second-order valence-electron chi connectivity index (χ2n) is 5.57. The number of nitrogens with one attached hydrogen (secondary N) is 2. The van der Waals surface area contributed by atoms with Gasteiger partial charge in [0.2, 0.25) is 0 Å². The van der Waals surface area contributed by atoms with E-state index in [2.05, 4.69) is 15.0 Å². The van der Waals surface area contributed by atoms with Crippen LogP contribution < -0.4 is 10.6 Å². The Bertz CT molecular complexity index is 610. The van der Waals surface area contributed by atoms with Crippen LogP contribution in [0, 0.1) is 0 Å². The second kappa shape index (κ2) is 8.46. The summed E-state index contributed by atoms with van der Waals surface area (Å²) in [5.41, 5.74) is 0.549. The molecule has 3 rings (SSSR count). The molecule has 0 spiro atoms. The van der Waals surface area contributed by atoms with Crippen LogP contribution in [0.25, 0.3) is 10.1 Å². The van der Waals surface area contributed by atoms with Gasteiger partial charge in [-0.2, -0.15) is 4.37 Å². The Labute approximate surface area is 141 Å². The van der Waals surface area contributed by atoms with E-state index in [4.69, 9.17) is 0 Å². The summed E-state index contributed by atoms with van der Waals surface area (Å²) in [5.74, 6) is -0.0714. The van der Waals surface area contributed by atoms with Gasteiger partial charge in [-0.15, -0.1) is 12.4 Å². The molecule has 6 heteroatoms. The fourth-order valence-corrected chi connectivity index (χ4v) is 3.67. The first-order valence-corrected chi connectivity index (χ1v) is 8.48. The smallest absolute Gasteiger partial charge is 0.271 e. The summed E-state index contributed by atoms with van der Waals surface area (Å²) in [5, 5.41) is 7.43. The topological polar surface area (TPSA) is 54.0 Å². The maximum Gasteiger partial charge on any atom is 0.271 e. The lowest BCUT2D eigenvalue weighted by Crippen LogP contribution is -2.38. The number of halogens is 1. The molecule has 22 heavy (non-hydrogen) atoms. The first kappa shape index (κ1) is 17.2. The van der Waals surface area contributed by atoms with E-state index >= 15 is 0 Å². The maximum atomic E-state index is 12.2. The lowest BCUT2D eigenvalue weighted by atomic mass is 9.95. The van der Waals surface area contributed by atoms with Crippen LogP contribution in [-0.4, -0.2) is 29.4 Å². The van der Waals surface area contributed by atoms with Crippen LogP contribution in [0.4, 0.5) is 0 Å². The molecule has 2 N–H and O–H groups in total. The predicted molar refractivity (Wildman–Crippen MR) is 94.1 cm³/mol. The Hall–Kier alpha value is -1.17. The third-order valence-electron chi connectivity index (χ3n) is 4.04. The average molecular weight is 340 g/mol. The minimum atomic E-state index is -0.0714. The number of carbonyl (C=O) groups is 1. The van der Waals surface area contributed by atoms with Crippen molar-refractivity contribution in [3.8, 4) is 0 Å². The van der Waals surface area contributed by atoms with Crippen molar-refractivity contribution < 1.29 is 4.79 Å². The van der Waals surface area contributed by atoms with Gasteiger partial charge in [-0.3, -0.25) is 4.79 Å². The lowest BCUT2D eigenvalue weighted by Gasteiger charge is -2.22. The van der Waals surface area contributed by atoms with Crippen molar-refractivity contribution >= 4 is 39.9 Å².